The van der Waals surface area contributed by atoms with Crippen molar-refractivity contribution in [3.05, 3.63) is 66.6 Å². The van der Waals surface area contributed by atoms with Crippen LogP contribution in [0.1, 0.15) is 43.4 Å². The minimum absolute atomic E-state index is 0.154. The van der Waals surface area contributed by atoms with Crippen molar-refractivity contribution in [2.45, 2.75) is 33.1 Å². The van der Waals surface area contributed by atoms with E-state index < -0.39 is 11.1 Å². The van der Waals surface area contributed by atoms with Gasteiger partial charge in [0.1, 0.15) is 10.7 Å². The minimum atomic E-state index is -0.397. The van der Waals surface area contributed by atoms with E-state index in [2.05, 4.69) is 30.1 Å². The predicted octanol–water partition coefficient (Wildman–Crippen LogP) is -0.227. The van der Waals surface area contributed by atoms with Crippen LogP contribution in [0.25, 0.3) is 12.2 Å². The highest BCUT2D eigenvalue weighted by atomic mass is 16.1. The summed E-state index contributed by atoms with van der Waals surface area (Å²) in [5, 5.41) is 6.98. The minimum Gasteiger partial charge on any atom is -0.348 e. The van der Waals surface area contributed by atoms with Crippen LogP contribution in [0, 0.1) is 6.92 Å². The monoisotopic (exact) mass is 340 g/mol. The van der Waals surface area contributed by atoms with E-state index in [4.69, 9.17) is 0 Å². The fourth-order valence-corrected chi connectivity index (χ4v) is 2.49. The van der Waals surface area contributed by atoms with Gasteiger partial charge in [0.2, 0.25) is 0 Å². The average Bonchev–Trinajstić information content (AvgIpc) is 3.13. The molecule has 8 heteroatoms. The van der Waals surface area contributed by atoms with E-state index in [0.29, 0.717) is 11.4 Å². The van der Waals surface area contributed by atoms with Gasteiger partial charge in [-0.15, -0.1) is 0 Å². The van der Waals surface area contributed by atoms with Gasteiger partial charge in [0.15, 0.2) is 0 Å². The third kappa shape index (κ3) is 3.37. The van der Waals surface area contributed by atoms with Crippen LogP contribution in [0.4, 0.5) is 0 Å². The van der Waals surface area contributed by atoms with E-state index in [0.717, 1.165) is 11.3 Å². The molecule has 0 radical (unpaired) electrons. The van der Waals surface area contributed by atoms with Crippen molar-refractivity contribution in [3.8, 4) is 0 Å². The van der Waals surface area contributed by atoms with Gasteiger partial charge in [-0.2, -0.15) is 5.10 Å². The zero-order valence-corrected chi connectivity index (χ0v) is 14.5. The lowest BCUT2D eigenvalue weighted by atomic mass is 9.90. The summed E-state index contributed by atoms with van der Waals surface area (Å²) in [6.45, 7) is 7.97. The number of H-pyrrole nitrogens is 4. The van der Waals surface area contributed by atoms with E-state index >= 15 is 0 Å². The molecule has 0 saturated carbocycles. The summed E-state index contributed by atoms with van der Waals surface area (Å²) in [5.74, 6) is 0. The molecule has 0 spiro atoms. The SMILES string of the molecule is Cc1cn[nH]c1C=c1[nH]c(=O)c(=Cc2nc[nH]c2C(C)(C)C)[nH]c1=O. The highest BCUT2D eigenvalue weighted by Crippen LogP contribution is 2.22. The van der Waals surface area contributed by atoms with Crippen LogP contribution in [-0.2, 0) is 5.41 Å². The lowest BCUT2D eigenvalue weighted by Crippen LogP contribution is -2.46. The molecule has 25 heavy (non-hydrogen) atoms. The second-order valence-corrected chi connectivity index (χ2v) is 6.90. The van der Waals surface area contributed by atoms with Crippen molar-refractivity contribution in [1.29, 1.82) is 0 Å². The topological polar surface area (TPSA) is 123 Å². The molecule has 0 fully saturated rings. The Morgan fingerprint density at radius 3 is 2.24 bits per heavy atom. The summed E-state index contributed by atoms with van der Waals surface area (Å²) in [6, 6.07) is 0. The molecule has 3 heterocycles. The van der Waals surface area contributed by atoms with Crippen molar-refractivity contribution in [1.82, 2.24) is 30.1 Å². The Kier molecular flexibility index (Phi) is 4.03. The van der Waals surface area contributed by atoms with Crippen LogP contribution in [0.15, 0.2) is 22.1 Å². The first kappa shape index (κ1) is 16.7. The lowest BCUT2D eigenvalue weighted by molar-refractivity contribution is 0.571. The number of hydrogen-bond acceptors (Lipinski definition) is 4. The molecule has 4 N–H and O–H groups in total. The Balaban J connectivity index is 2.16. The third-order valence-corrected chi connectivity index (χ3v) is 3.84. The highest BCUT2D eigenvalue weighted by molar-refractivity contribution is 5.49. The number of aromatic nitrogens is 6. The molecule has 0 unspecified atom stereocenters. The first-order chi connectivity index (χ1) is 11.8. The molecule has 3 aromatic heterocycles. The Morgan fingerprint density at radius 1 is 1.04 bits per heavy atom. The maximum atomic E-state index is 12.4. The summed E-state index contributed by atoms with van der Waals surface area (Å²) >= 11 is 0. The molecule has 0 atom stereocenters. The predicted molar refractivity (Wildman–Crippen MR) is 94.7 cm³/mol. The van der Waals surface area contributed by atoms with Gasteiger partial charge in [0.25, 0.3) is 11.1 Å². The maximum Gasteiger partial charge on any atom is 0.272 e. The van der Waals surface area contributed by atoms with Crippen LogP contribution in [-0.4, -0.2) is 30.1 Å². The molecular formula is C17H20N6O2. The van der Waals surface area contributed by atoms with Crippen LogP contribution < -0.4 is 21.8 Å². The number of rotatable bonds is 2. The number of nitrogens with zero attached hydrogens (tertiary/aromatic N) is 2. The first-order valence-corrected chi connectivity index (χ1v) is 7.85. The number of aromatic amines is 4. The van der Waals surface area contributed by atoms with Gasteiger partial charge in [-0.25, -0.2) is 4.98 Å². The van der Waals surface area contributed by atoms with Gasteiger partial charge in [-0.3, -0.25) is 14.7 Å². The Morgan fingerprint density at radius 2 is 1.68 bits per heavy atom. The molecule has 0 bridgehead atoms. The quantitative estimate of drug-likeness (QED) is 0.515. The van der Waals surface area contributed by atoms with Crippen molar-refractivity contribution in [2.24, 2.45) is 0 Å². The smallest absolute Gasteiger partial charge is 0.272 e. The largest absolute Gasteiger partial charge is 0.348 e. The Bertz CT molecular complexity index is 1140. The Labute approximate surface area is 142 Å². The molecule has 0 amide bonds. The van der Waals surface area contributed by atoms with Gasteiger partial charge in [-0.05, 0) is 24.6 Å². The van der Waals surface area contributed by atoms with E-state index in [1.54, 1.807) is 24.7 Å². The summed E-state index contributed by atoms with van der Waals surface area (Å²) < 4.78 is 0. The van der Waals surface area contributed by atoms with E-state index in [9.17, 15) is 9.59 Å². The van der Waals surface area contributed by atoms with Gasteiger partial charge in [0, 0.05) is 11.1 Å². The second kappa shape index (κ2) is 6.04. The van der Waals surface area contributed by atoms with Gasteiger partial charge in [0.05, 0.1) is 23.9 Å². The number of aryl methyl sites for hydroxylation is 1. The van der Waals surface area contributed by atoms with Crippen molar-refractivity contribution in [3.63, 3.8) is 0 Å². The number of nitrogens with one attached hydrogen (secondary N) is 4. The zero-order chi connectivity index (χ0) is 18.2. The molecule has 0 aliphatic rings. The molecule has 3 aromatic rings. The molecular weight excluding hydrogens is 320 g/mol. The number of imidazole rings is 1. The summed E-state index contributed by atoms with van der Waals surface area (Å²) in [7, 11) is 0. The fourth-order valence-electron chi connectivity index (χ4n) is 2.49. The van der Waals surface area contributed by atoms with Crippen molar-refractivity contribution < 1.29 is 0 Å². The molecule has 0 aliphatic heterocycles. The van der Waals surface area contributed by atoms with Crippen molar-refractivity contribution in [2.75, 3.05) is 0 Å². The standard InChI is InChI=1S/C17H20N6O2/c1-9-7-20-23-10(9)5-12-15(24)22-13(16(25)21-12)6-11-14(17(2,3)4)19-8-18-11/h5-8H,1-4H3,(H,18,19)(H,20,23)(H,21,25)(H,22,24). The summed E-state index contributed by atoms with van der Waals surface area (Å²) in [4.78, 5) is 37.2. The second-order valence-electron chi connectivity index (χ2n) is 6.90. The van der Waals surface area contributed by atoms with Crippen LogP contribution >= 0.6 is 0 Å². The average molecular weight is 340 g/mol. The van der Waals surface area contributed by atoms with Crippen molar-refractivity contribution >= 4 is 12.2 Å². The highest BCUT2D eigenvalue weighted by Gasteiger charge is 2.19. The molecule has 0 aromatic carbocycles. The van der Waals surface area contributed by atoms with Crippen LogP contribution in [0.3, 0.4) is 0 Å². The molecule has 8 nitrogen and oxygen atoms in total. The zero-order valence-electron chi connectivity index (χ0n) is 14.5. The van der Waals surface area contributed by atoms with Gasteiger partial charge >= 0.3 is 0 Å². The first-order valence-electron chi connectivity index (χ1n) is 7.85. The molecule has 0 saturated heterocycles. The van der Waals surface area contributed by atoms with E-state index in [-0.39, 0.29) is 16.1 Å². The summed E-state index contributed by atoms with van der Waals surface area (Å²) in [6.07, 6.45) is 6.35. The molecule has 0 aliphatic carbocycles. The Hall–Kier alpha value is -3.16. The van der Waals surface area contributed by atoms with Crippen LogP contribution in [0.5, 0.6) is 0 Å². The van der Waals surface area contributed by atoms with E-state index in [1.165, 1.54) is 0 Å². The lowest BCUT2D eigenvalue weighted by Gasteiger charge is -2.16. The van der Waals surface area contributed by atoms with Gasteiger partial charge in [-0.1, -0.05) is 20.8 Å². The third-order valence-electron chi connectivity index (χ3n) is 3.84. The molecule has 130 valence electrons. The number of hydrogen-bond donors (Lipinski definition) is 4. The summed E-state index contributed by atoms with van der Waals surface area (Å²) in [5.41, 5.74) is 2.09. The maximum absolute atomic E-state index is 12.4. The van der Waals surface area contributed by atoms with Crippen LogP contribution in [0.2, 0.25) is 0 Å². The fraction of sp³-hybridized carbons (Fsp3) is 0.294. The normalized spacial score (nSPS) is 13.6. The molecule has 3 rings (SSSR count). The van der Waals surface area contributed by atoms with E-state index in [1.807, 2.05) is 27.7 Å². The van der Waals surface area contributed by atoms with Gasteiger partial charge < -0.3 is 15.0 Å².